The number of halogens is 4. The van der Waals surface area contributed by atoms with Crippen LogP contribution in [0.1, 0.15) is 191 Å². The number of benzene rings is 8. The fraction of sp³-hybridized carbons (Fsp3) is 0.361. The summed E-state index contributed by atoms with van der Waals surface area (Å²) >= 11 is 0. The molecule has 1 unspecified atom stereocenters. The van der Waals surface area contributed by atoms with Gasteiger partial charge in [0.15, 0.2) is 6.04 Å². The Morgan fingerprint density at radius 3 is 1.04 bits per heavy atom. The maximum absolute atomic E-state index is 16.6. The Morgan fingerprint density at radius 2 is 0.683 bits per heavy atom. The Morgan fingerprint density at radius 1 is 0.379 bits per heavy atom. The van der Waals surface area contributed by atoms with E-state index in [1.165, 1.54) is 33.5 Å². The molecule has 20 rings (SSSR count). The van der Waals surface area contributed by atoms with Crippen molar-refractivity contribution in [1.82, 2.24) is 80.7 Å². The van der Waals surface area contributed by atoms with Crippen LogP contribution in [0, 0.1) is 11.8 Å². The lowest BCUT2D eigenvalue weighted by Gasteiger charge is -2.34. The van der Waals surface area contributed by atoms with Crippen LogP contribution in [0.4, 0.5) is 41.5 Å². The van der Waals surface area contributed by atoms with E-state index in [-0.39, 0.29) is 76.0 Å². The normalized spacial score (nSPS) is 19.0. The molecule has 33 nitrogen and oxygen atoms in total. The number of carboxylic acid groups (broad SMARTS) is 2. The Labute approximate surface area is 832 Å². The molecule has 6 fully saturated rings. The average Bonchev–Trinajstić information content (AvgIpc) is 1.57. The Hall–Kier alpha value is -15.5. The lowest BCUT2D eigenvalue weighted by atomic mass is 9.90. The molecule has 2 aliphatic carbocycles. The number of amides is 8. The van der Waals surface area contributed by atoms with E-state index < -0.39 is 78.0 Å². The van der Waals surface area contributed by atoms with Gasteiger partial charge in [-0.3, -0.25) is 19.3 Å². The number of ether oxygens (including phenoxy) is 6. The molecule has 8 atom stereocenters. The number of H-pyrrole nitrogens is 4. The van der Waals surface area contributed by atoms with Gasteiger partial charge in [-0.15, -0.1) is 0 Å². The Balaban J connectivity index is 0.000000167. The number of nitrogens with zero attached hydrogens (tertiary/aromatic N) is 8. The highest BCUT2D eigenvalue weighted by Crippen LogP contribution is 2.55. The molecule has 0 bridgehead atoms. The van der Waals surface area contributed by atoms with Crippen molar-refractivity contribution in [3.63, 3.8) is 0 Å². The molecular formula is C108H112F4N16O17. The molecule has 37 heteroatoms. The number of rotatable bonds is 22. The highest BCUT2D eigenvalue weighted by atomic mass is 19.3. The molecule has 4 aromatic heterocycles. The summed E-state index contributed by atoms with van der Waals surface area (Å²) in [4.78, 5) is 152. The zero-order chi connectivity index (χ0) is 102. The summed E-state index contributed by atoms with van der Waals surface area (Å²) in [6, 6.07) is 48.1. The van der Waals surface area contributed by atoms with Gasteiger partial charge in [0.05, 0.1) is 93.1 Å². The SMILES string of the molecule is CC(C)(C)OC(=O)N1CCC[C@H]1c1ncc(-c2ccc(-c3ccc4c(c3)C(F)(F)c3cc(-c5cnc([C@@H]6CCCN6C(=O)C(NC(=O)O)C6CCOCC6)[nH]5)ccc3-4)cc2)[nH]1.COC(=O)N[C@@H](C(=O)O)c1ccccc1.COC(=O)N[C@H](C(=O)N1CCC[C@H]1c1ncc(-c2ccc3c(c2)C(F)(F)c2cc(-c4ccc(-c5cnc([C@@H]6CCCN6C(=O)[C@H](NC(=O)OC)c6ccccc6)[nH]5)cc4)ccc2-3)[nH]1)C1CCOCC1. The van der Waals surface area contributed by atoms with Crippen molar-refractivity contribution in [2.75, 3.05) is 73.9 Å². The number of alkyl halides is 4. The number of aromatic nitrogens is 8. The first-order valence-corrected chi connectivity index (χ1v) is 48.6. The van der Waals surface area contributed by atoms with E-state index in [0.717, 1.165) is 65.7 Å². The first-order chi connectivity index (χ1) is 69.9. The maximum Gasteiger partial charge on any atom is 0.410 e. The Kier molecular flexibility index (Phi) is 29.2. The first-order valence-electron chi connectivity index (χ1n) is 48.6. The third kappa shape index (κ3) is 21.2. The van der Waals surface area contributed by atoms with Gasteiger partial charge in [-0.05, 0) is 201 Å². The van der Waals surface area contributed by atoms with Gasteiger partial charge in [0.1, 0.15) is 47.0 Å². The number of imidazole rings is 4. The van der Waals surface area contributed by atoms with Crippen molar-refractivity contribution in [2.24, 2.45) is 11.8 Å². The molecule has 0 radical (unpaired) electrons. The quantitative estimate of drug-likeness (QED) is 0.0222. The van der Waals surface area contributed by atoms with Crippen molar-refractivity contribution in [3.05, 3.63) is 263 Å². The van der Waals surface area contributed by atoms with E-state index >= 15 is 17.6 Å². The van der Waals surface area contributed by atoms with Gasteiger partial charge in [-0.25, -0.2) is 48.7 Å². The summed E-state index contributed by atoms with van der Waals surface area (Å²) in [5, 5.41) is 28.6. The number of aliphatic carboxylic acids is 1. The lowest BCUT2D eigenvalue weighted by molar-refractivity contribution is -0.139. The standard InChI is InChI=1S/C52H52F2N8O7.C46H49F2N7O6.C10H11NO4/c1-67-50(65)59-44(32-8-4-3-5-9-32)48(63)61-22-6-10-42(61)46-55-28-40(57-46)31-14-12-30(13-15-31)34-16-18-36-37-19-17-35(27-39(37)52(53,54)38(36)26-34)41-29-56-47(58-41)43-11-7-23-62(43)49(64)45(60-51(66)68-2)33-20-24-69-25-21-33;1-45(2,3)61-44(59)55-19-5-7-38(55)41-49-24-35(51-41)27-10-8-26(9-11-27)29-12-14-31-32-15-13-30(23-34(32)46(47,48)33(31)22-29)36-25-50-40(52-36)37-6-4-18-54(37)42(56)39(53-43(57)58)28-16-20-60-21-17-28;1-15-10(14)11-8(9(12)13)7-5-3-2-4-6-7/h3-5,8-9,12-19,26-29,33,42-45H,6-7,10-11,20-25H2,1-2H3,(H,55,57)(H,56,58)(H,59,65)(H,60,66);8-15,22-25,28,37-39,53H,4-7,16-21H2,1-3H3,(H,49,51)(H,50,52)(H,57,58);2-6,8H,1H3,(H,11,14)(H,12,13)/t42-,43-,44+,45-;37-,38-,39?;8-/m001/s1. The van der Waals surface area contributed by atoms with Crippen LogP contribution < -0.4 is 21.3 Å². The van der Waals surface area contributed by atoms with Crippen LogP contribution in [0.3, 0.4) is 0 Å². The van der Waals surface area contributed by atoms with Crippen LogP contribution in [0.15, 0.2) is 207 Å². The molecule has 6 saturated heterocycles. The lowest BCUT2D eigenvalue weighted by Crippen LogP contribution is -2.53. The highest BCUT2D eigenvalue weighted by molar-refractivity contribution is 5.91. The second-order valence-corrected chi connectivity index (χ2v) is 38.2. The summed E-state index contributed by atoms with van der Waals surface area (Å²) in [7, 11) is 3.71. The zero-order valence-corrected chi connectivity index (χ0v) is 80.7. The van der Waals surface area contributed by atoms with Gasteiger partial charge in [0, 0.05) is 86.0 Å². The van der Waals surface area contributed by atoms with Crippen molar-refractivity contribution in [3.8, 4) is 89.5 Å². The van der Waals surface area contributed by atoms with Crippen LogP contribution in [-0.4, -0.2) is 215 Å². The molecule has 8 aliphatic rings. The van der Waals surface area contributed by atoms with Crippen LogP contribution in [0.25, 0.3) is 89.5 Å². The van der Waals surface area contributed by atoms with Crippen molar-refractivity contribution < 1.29 is 99.3 Å². The van der Waals surface area contributed by atoms with Gasteiger partial charge < -0.3 is 94.5 Å². The number of aromatic amines is 4. The van der Waals surface area contributed by atoms with E-state index in [1.54, 1.807) is 135 Å². The van der Waals surface area contributed by atoms with Crippen LogP contribution in [0.2, 0.25) is 0 Å². The zero-order valence-electron chi connectivity index (χ0n) is 80.7. The number of hydrogen-bond acceptors (Lipinski definition) is 19. The number of hydrogen-bond donors (Lipinski definition) is 10. The van der Waals surface area contributed by atoms with Crippen LogP contribution in [-0.2, 0) is 59.4 Å². The number of nitrogens with one attached hydrogen (secondary N) is 8. The van der Waals surface area contributed by atoms with Gasteiger partial charge in [-0.1, -0.05) is 158 Å². The molecule has 6 aliphatic heterocycles. The molecular weight excluding hydrogens is 1870 g/mol. The minimum Gasteiger partial charge on any atom is -0.479 e. The van der Waals surface area contributed by atoms with E-state index in [4.69, 9.17) is 28.8 Å². The second kappa shape index (κ2) is 42.6. The molecule has 0 spiro atoms. The number of likely N-dealkylation sites (tertiary alicyclic amines) is 4. The molecule has 0 saturated carbocycles. The van der Waals surface area contributed by atoms with E-state index in [0.29, 0.717) is 188 Å². The van der Waals surface area contributed by atoms with Gasteiger partial charge >= 0.3 is 36.4 Å². The van der Waals surface area contributed by atoms with E-state index in [1.807, 2.05) is 99.6 Å². The highest BCUT2D eigenvalue weighted by Gasteiger charge is 2.49. The van der Waals surface area contributed by atoms with E-state index in [2.05, 4.69) is 65.9 Å². The summed E-state index contributed by atoms with van der Waals surface area (Å²) in [6.45, 7) is 9.53. The molecule has 754 valence electrons. The van der Waals surface area contributed by atoms with Crippen molar-refractivity contribution in [2.45, 2.75) is 164 Å². The topological polar surface area (TPSA) is 425 Å². The number of carbonyl (C=O) groups excluding carboxylic acids is 7. The third-order valence-electron chi connectivity index (χ3n) is 28.2. The fourth-order valence-corrected chi connectivity index (χ4v) is 20.9. The summed E-state index contributed by atoms with van der Waals surface area (Å²) < 4.78 is 96.6. The predicted octanol–water partition coefficient (Wildman–Crippen LogP) is 19.1. The summed E-state index contributed by atoms with van der Waals surface area (Å²) in [5.74, 6) is -6.32. The molecule has 10 heterocycles. The summed E-state index contributed by atoms with van der Waals surface area (Å²) in [5.41, 5.74) is 10.3. The molecule has 12 aromatic rings. The van der Waals surface area contributed by atoms with Crippen molar-refractivity contribution >= 4 is 54.2 Å². The monoisotopic (exact) mass is 1980 g/mol. The second-order valence-electron chi connectivity index (χ2n) is 38.2. The number of carbonyl (C=O) groups is 9. The van der Waals surface area contributed by atoms with Crippen molar-refractivity contribution in [1.29, 1.82) is 0 Å². The average molecular weight is 1980 g/mol. The number of methoxy groups -OCH3 is 3. The van der Waals surface area contributed by atoms with Crippen LogP contribution in [0.5, 0.6) is 0 Å². The number of fused-ring (bicyclic) bond motifs is 6. The van der Waals surface area contributed by atoms with Gasteiger partial charge in [-0.2, -0.15) is 17.6 Å². The minimum atomic E-state index is -3.28. The van der Waals surface area contributed by atoms with E-state index in [9.17, 15) is 48.3 Å². The smallest absolute Gasteiger partial charge is 0.410 e. The predicted molar refractivity (Wildman–Crippen MR) is 525 cm³/mol. The van der Waals surface area contributed by atoms with Gasteiger partial charge in [0.25, 0.3) is 17.8 Å². The fourth-order valence-electron chi connectivity index (χ4n) is 20.9. The van der Waals surface area contributed by atoms with Gasteiger partial charge in [0.2, 0.25) is 11.8 Å². The first kappa shape index (κ1) is 99.6. The minimum absolute atomic E-state index is 0.0648. The largest absolute Gasteiger partial charge is 0.479 e. The van der Waals surface area contributed by atoms with Crippen LogP contribution >= 0.6 is 0 Å². The number of alkyl carbamates (subject to hydrolysis) is 3. The summed E-state index contributed by atoms with van der Waals surface area (Å²) in [6.07, 6.45) is 11.2. The third-order valence-corrected chi connectivity index (χ3v) is 28.2. The maximum atomic E-state index is 16.6. The molecule has 10 N–H and O–H groups in total. The molecule has 8 aromatic carbocycles. The molecule has 145 heavy (non-hydrogen) atoms. The Bertz CT molecular complexity index is 6780. The number of carboxylic acids is 1. The molecule has 8 amide bonds.